The summed E-state index contributed by atoms with van der Waals surface area (Å²) in [7, 11) is 0. The second-order valence-electron chi connectivity index (χ2n) is 7.77. The number of allylic oxidation sites excluding steroid dienone is 1. The predicted octanol–water partition coefficient (Wildman–Crippen LogP) is 5.92. The normalized spacial score (nSPS) is 16.6. The maximum atomic E-state index is 12.8. The molecule has 0 bridgehead atoms. The molecular formula is C26H22ClN3O. The van der Waals surface area contributed by atoms with E-state index in [4.69, 9.17) is 16.6 Å². The number of halogens is 1. The van der Waals surface area contributed by atoms with Crippen molar-refractivity contribution in [2.75, 3.05) is 11.4 Å². The zero-order valence-corrected chi connectivity index (χ0v) is 17.7. The molecule has 0 unspecified atom stereocenters. The smallest absolute Gasteiger partial charge is 0.227 e. The van der Waals surface area contributed by atoms with Gasteiger partial charge in [-0.2, -0.15) is 0 Å². The molecule has 0 saturated carbocycles. The average Bonchev–Trinajstić information content (AvgIpc) is 3.35. The average molecular weight is 428 g/mol. The molecule has 4 aromatic rings. The molecule has 1 amide bonds. The van der Waals surface area contributed by atoms with Crippen molar-refractivity contribution in [2.45, 2.75) is 18.9 Å². The van der Waals surface area contributed by atoms with Gasteiger partial charge in [0.2, 0.25) is 5.91 Å². The van der Waals surface area contributed by atoms with E-state index < -0.39 is 0 Å². The summed E-state index contributed by atoms with van der Waals surface area (Å²) >= 11 is 6.15. The lowest BCUT2D eigenvalue weighted by molar-refractivity contribution is -0.117. The second-order valence-corrected chi connectivity index (χ2v) is 8.20. The number of nitrogens with zero attached hydrogens (tertiary/aromatic N) is 3. The molecule has 31 heavy (non-hydrogen) atoms. The van der Waals surface area contributed by atoms with Crippen LogP contribution >= 0.6 is 11.6 Å². The topological polar surface area (TPSA) is 38.1 Å². The Hall–Kier alpha value is -3.37. The van der Waals surface area contributed by atoms with E-state index >= 15 is 0 Å². The van der Waals surface area contributed by atoms with Crippen LogP contribution in [-0.4, -0.2) is 22.0 Å². The molecule has 1 aliphatic heterocycles. The summed E-state index contributed by atoms with van der Waals surface area (Å²) in [6.07, 6.45) is 4.72. The Labute approximate surface area is 186 Å². The van der Waals surface area contributed by atoms with Crippen molar-refractivity contribution < 1.29 is 4.79 Å². The van der Waals surface area contributed by atoms with Gasteiger partial charge in [-0.1, -0.05) is 72.3 Å². The molecule has 0 spiro atoms. The number of para-hydroxylation sites is 2. The number of hydrogen-bond acceptors (Lipinski definition) is 2. The SMILES string of the molecule is O=C1C[C@H](c2nc3ccccc3n2C/C=C/c2ccccc2)CN1c1cccc(Cl)c1. The monoisotopic (exact) mass is 427 g/mol. The maximum Gasteiger partial charge on any atom is 0.227 e. The van der Waals surface area contributed by atoms with E-state index in [9.17, 15) is 4.79 Å². The van der Waals surface area contributed by atoms with Crippen molar-refractivity contribution in [3.8, 4) is 0 Å². The van der Waals surface area contributed by atoms with Crippen LogP contribution in [0.5, 0.6) is 0 Å². The molecular weight excluding hydrogens is 406 g/mol. The lowest BCUT2D eigenvalue weighted by Gasteiger charge is -2.17. The van der Waals surface area contributed by atoms with Crippen LogP contribution in [0.3, 0.4) is 0 Å². The molecule has 5 rings (SSSR count). The minimum absolute atomic E-state index is 0.0315. The van der Waals surface area contributed by atoms with Gasteiger partial charge in [0.15, 0.2) is 0 Å². The van der Waals surface area contributed by atoms with E-state index in [2.05, 4.69) is 34.9 Å². The molecule has 154 valence electrons. The molecule has 1 fully saturated rings. The van der Waals surface area contributed by atoms with Crippen LogP contribution in [0.1, 0.15) is 23.7 Å². The number of aromatic nitrogens is 2. The maximum absolute atomic E-state index is 12.8. The third-order valence-corrected chi connectivity index (χ3v) is 5.93. The zero-order chi connectivity index (χ0) is 21.2. The molecule has 1 atom stereocenters. The van der Waals surface area contributed by atoms with Crippen molar-refractivity contribution >= 4 is 40.3 Å². The highest BCUT2D eigenvalue weighted by Crippen LogP contribution is 2.34. The first-order valence-corrected chi connectivity index (χ1v) is 10.8. The summed E-state index contributed by atoms with van der Waals surface area (Å²) < 4.78 is 2.23. The van der Waals surface area contributed by atoms with Gasteiger partial charge in [-0.3, -0.25) is 4.79 Å². The van der Waals surface area contributed by atoms with Crippen molar-refractivity contribution in [1.29, 1.82) is 0 Å². The van der Waals surface area contributed by atoms with Crippen LogP contribution in [0, 0.1) is 0 Å². The van der Waals surface area contributed by atoms with Gasteiger partial charge in [0.1, 0.15) is 5.82 Å². The molecule has 0 aliphatic carbocycles. The first kappa shape index (κ1) is 19.6. The Morgan fingerprint density at radius 1 is 1.00 bits per heavy atom. The number of rotatable bonds is 5. The zero-order valence-electron chi connectivity index (χ0n) is 17.0. The highest BCUT2D eigenvalue weighted by molar-refractivity contribution is 6.30. The predicted molar refractivity (Wildman–Crippen MR) is 126 cm³/mol. The summed E-state index contributed by atoms with van der Waals surface area (Å²) in [5.74, 6) is 1.09. The van der Waals surface area contributed by atoms with Crippen molar-refractivity contribution in [2.24, 2.45) is 0 Å². The second kappa shape index (κ2) is 8.40. The van der Waals surface area contributed by atoms with Crippen molar-refractivity contribution in [1.82, 2.24) is 9.55 Å². The summed E-state index contributed by atoms with van der Waals surface area (Å²) in [5, 5.41) is 0.632. The first-order valence-electron chi connectivity index (χ1n) is 10.4. The molecule has 3 aromatic carbocycles. The van der Waals surface area contributed by atoms with Gasteiger partial charge in [-0.05, 0) is 35.9 Å². The third-order valence-electron chi connectivity index (χ3n) is 5.69. The Bertz CT molecular complexity index is 1260. The lowest BCUT2D eigenvalue weighted by Crippen LogP contribution is -2.24. The standard InChI is InChI=1S/C26H22ClN3O/c27-21-11-6-12-22(17-21)30-18-20(16-25(30)31)26-28-23-13-4-5-14-24(23)29(26)15-7-10-19-8-2-1-3-9-19/h1-14,17,20H,15-16,18H2/b10-7+/t20-/m0/s1. The number of hydrogen-bond donors (Lipinski definition) is 0. The number of fused-ring (bicyclic) bond motifs is 1. The third kappa shape index (κ3) is 3.99. The van der Waals surface area contributed by atoms with E-state index in [0.717, 1.165) is 28.1 Å². The Kier molecular flexibility index (Phi) is 5.31. The quantitative estimate of drug-likeness (QED) is 0.396. The molecule has 2 heterocycles. The van der Waals surface area contributed by atoms with Crippen LogP contribution in [0.15, 0.2) is 84.9 Å². The summed E-state index contributed by atoms with van der Waals surface area (Å²) in [4.78, 5) is 19.6. The lowest BCUT2D eigenvalue weighted by atomic mass is 10.1. The highest BCUT2D eigenvalue weighted by atomic mass is 35.5. The van der Waals surface area contributed by atoms with Gasteiger partial charge >= 0.3 is 0 Å². The Morgan fingerprint density at radius 3 is 2.65 bits per heavy atom. The largest absolute Gasteiger partial charge is 0.324 e. The number of imidazole rings is 1. The summed E-state index contributed by atoms with van der Waals surface area (Å²) in [6.45, 7) is 1.30. The van der Waals surface area contributed by atoms with E-state index in [0.29, 0.717) is 24.5 Å². The first-order chi connectivity index (χ1) is 15.2. The Balaban J connectivity index is 1.46. The summed E-state index contributed by atoms with van der Waals surface area (Å²) in [5.41, 5.74) is 4.05. The minimum Gasteiger partial charge on any atom is -0.324 e. The van der Waals surface area contributed by atoms with Crippen LogP contribution in [-0.2, 0) is 11.3 Å². The molecule has 1 saturated heterocycles. The molecule has 5 heteroatoms. The fraction of sp³-hybridized carbons (Fsp3) is 0.154. The fourth-order valence-electron chi connectivity index (χ4n) is 4.23. The van der Waals surface area contributed by atoms with Gasteiger partial charge in [-0.15, -0.1) is 0 Å². The number of benzene rings is 3. The van der Waals surface area contributed by atoms with Gasteiger partial charge in [-0.25, -0.2) is 4.98 Å². The van der Waals surface area contributed by atoms with Crippen LogP contribution in [0.4, 0.5) is 5.69 Å². The van der Waals surface area contributed by atoms with Crippen molar-refractivity contribution in [3.63, 3.8) is 0 Å². The fourth-order valence-corrected chi connectivity index (χ4v) is 4.41. The number of carbonyl (C=O) groups is 1. The van der Waals surface area contributed by atoms with E-state index in [1.807, 2.05) is 65.6 Å². The van der Waals surface area contributed by atoms with Gasteiger partial charge in [0, 0.05) is 36.1 Å². The molecule has 4 nitrogen and oxygen atoms in total. The highest BCUT2D eigenvalue weighted by Gasteiger charge is 2.34. The van der Waals surface area contributed by atoms with Crippen LogP contribution in [0.2, 0.25) is 5.02 Å². The molecule has 1 aromatic heterocycles. The Morgan fingerprint density at radius 2 is 1.81 bits per heavy atom. The van der Waals surface area contributed by atoms with Crippen LogP contribution < -0.4 is 4.90 Å². The minimum atomic E-state index is 0.0315. The van der Waals surface area contributed by atoms with Gasteiger partial charge < -0.3 is 9.47 Å². The molecule has 0 radical (unpaired) electrons. The van der Waals surface area contributed by atoms with Gasteiger partial charge in [0.25, 0.3) is 0 Å². The van der Waals surface area contributed by atoms with E-state index in [-0.39, 0.29) is 11.8 Å². The van der Waals surface area contributed by atoms with E-state index in [1.165, 1.54) is 0 Å². The summed E-state index contributed by atoms with van der Waals surface area (Å²) in [6, 6.07) is 25.9. The van der Waals surface area contributed by atoms with Gasteiger partial charge in [0.05, 0.1) is 11.0 Å². The number of anilines is 1. The van der Waals surface area contributed by atoms with E-state index in [1.54, 1.807) is 0 Å². The van der Waals surface area contributed by atoms with Crippen LogP contribution in [0.25, 0.3) is 17.1 Å². The molecule has 0 N–H and O–H groups in total. The molecule has 1 aliphatic rings. The number of amides is 1. The number of carbonyl (C=O) groups excluding carboxylic acids is 1. The van der Waals surface area contributed by atoms with Crippen molar-refractivity contribution in [3.05, 3.63) is 101 Å².